The van der Waals surface area contributed by atoms with Crippen molar-refractivity contribution >= 4 is 23.0 Å². The summed E-state index contributed by atoms with van der Waals surface area (Å²) in [6, 6.07) is 9.21. The molecule has 6 heteroatoms. The van der Waals surface area contributed by atoms with E-state index >= 15 is 0 Å². The maximum Gasteiger partial charge on any atom is 0.271 e. The number of aryl methyl sites for hydroxylation is 1. The van der Waals surface area contributed by atoms with Gasteiger partial charge in [0.25, 0.3) is 5.91 Å². The van der Waals surface area contributed by atoms with Gasteiger partial charge in [-0.15, -0.1) is 11.3 Å². The van der Waals surface area contributed by atoms with E-state index in [4.69, 9.17) is 9.47 Å². The molecule has 0 fully saturated rings. The number of hydrogen-bond acceptors (Lipinski definition) is 5. The Labute approximate surface area is 138 Å². The van der Waals surface area contributed by atoms with Crippen molar-refractivity contribution in [2.45, 2.75) is 26.7 Å². The van der Waals surface area contributed by atoms with Gasteiger partial charge < -0.3 is 9.47 Å². The summed E-state index contributed by atoms with van der Waals surface area (Å²) in [5.41, 5.74) is 4.04. The van der Waals surface area contributed by atoms with Crippen molar-refractivity contribution in [2.24, 2.45) is 5.10 Å². The Kier molecular flexibility index (Phi) is 4.62. The van der Waals surface area contributed by atoms with Gasteiger partial charge in [0.1, 0.15) is 0 Å². The van der Waals surface area contributed by atoms with Gasteiger partial charge in [-0.25, -0.2) is 5.43 Å². The van der Waals surface area contributed by atoms with E-state index in [-0.39, 0.29) is 12.7 Å². The molecule has 1 aromatic carbocycles. The SMILES string of the molecule is CCC/C(=N\NC(=O)c1ccc2c(c1)OCO2)c1ccc(C)s1. The quantitative estimate of drug-likeness (QED) is 0.671. The molecule has 0 aliphatic carbocycles. The zero-order chi connectivity index (χ0) is 16.2. The highest BCUT2D eigenvalue weighted by molar-refractivity contribution is 7.14. The average molecular weight is 330 g/mol. The van der Waals surface area contributed by atoms with Crippen molar-refractivity contribution in [3.05, 3.63) is 45.6 Å². The van der Waals surface area contributed by atoms with E-state index in [2.05, 4.69) is 30.4 Å². The summed E-state index contributed by atoms with van der Waals surface area (Å²) in [6.45, 7) is 4.34. The number of ether oxygens (including phenoxy) is 2. The van der Waals surface area contributed by atoms with Gasteiger partial charge in [0.2, 0.25) is 6.79 Å². The van der Waals surface area contributed by atoms with Gasteiger partial charge in [-0.05, 0) is 43.7 Å². The van der Waals surface area contributed by atoms with Crippen LogP contribution in [0, 0.1) is 6.92 Å². The number of nitrogens with one attached hydrogen (secondary N) is 1. The van der Waals surface area contributed by atoms with Crippen LogP contribution in [0.15, 0.2) is 35.4 Å². The number of thiophene rings is 1. The van der Waals surface area contributed by atoms with E-state index in [1.54, 1.807) is 29.5 Å². The molecule has 2 aromatic rings. The molecule has 0 bridgehead atoms. The fourth-order valence-electron chi connectivity index (χ4n) is 2.28. The summed E-state index contributed by atoms with van der Waals surface area (Å²) in [7, 11) is 0. The topological polar surface area (TPSA) is 59.9 Å². The van der Waals surface area contributed by atoms with Gasteiger partial charge in [-0.2, -0.15) is 5.10 Å². The minimum atomic E-state index is -0.259. The molecule has 5 nitrogen and oxygen atoms in total. The highest BCUT2D eigenvalue weighted by Crippen LogP contribution is 2.32. The Bertz CT molecular complexity index is 752. The van der Waals surface area contributed by atoms with E-state index in [1.807, 2.05) is 6.07 Å². The Balaban J connectivity index is 1.75. The van der Waals surface area contributed by atoms with Crippen LogP contribution >= 0.6 is 11.3 Å². The summed E-state index contributed by atoms with van der Waals surface area (Å²) < 4.78 is 10.5. The highest BCUT2D eigenvalue weighted by atomic mass is 32.1. The number of carbonyl (C=O) groups is 1. The van der Waals surface area contributed by atoms with Crippen molar-refractivity contribution in [2.75, 3.05) is 6.79 Å². The van der Waals surface area contributed by atoms with Crippen LogP contribution in [-0.2, 0) is 0 Å². The van der Waals surface area contributed by atoms with Crippen LogP contribution < -0.4 is 14.9 Å². The van der Waals surface area contributed by atoms with Gasteiger partial charge in [-0.1, -0.05) is 13.3 Å². The van der Waals surface area contributed by atoms with Gasteiger partial charge in [-0.3, -0.25) is 4.79 Å². The maximum absolute atomic E-state index is 12.3. The predicted octanol–water partition coefficient (Wildman–Crippen LogP) is 3.72. The van der Waals surface area contributed by atoms with E-state index < -0.39 is 0 Å². The van der Waals surface area contributed by atoms with Crippen molar-refractivity contribution in [1.82, 2.24) is 5.43 Å². The van der Waals surface area contributed by atoms with Crippen LogP contribution in [0.5, 0.6) is 11.5 Å². The number of amides is 1. The molecule has 0 unspecified atom stereocenters. The first-order valence-corrected chi connectivity index (χ1v) is 8.32. The molecule has 0 atom stereocenters. The second-order valence-corrected chi connectivity index (χ2v) is 6.52. The second-order valence-electron chi connectivity index (χ2n) is 5.23. The van der Waals surface area contributed by atoms with E-state index in [0.29, 0.717) is 17.1 Å². The predicted molar refractivity (Wildman–Crippen MR) is 90.5 cm³/mol. The van der Waals surface area contributed by atoms with Crippen LogP contribution in [-0.4, -0.2) is 18.4 Å². The van der Waals surface area contributed by atoms with Crippen molar-refractivity contribution in [3.63, 3.8) is 0 Å². The lowest BCUT2D eigenvalue weighted by atomic mass is 10.2. The molecule has 0 spiro atoms. The van der Waals surface area contributed by atoms with Gasteiger partial charge >= 0.3 is 0 Å². The van der Waals surface area contributed by atoms with Gasteiger partial charge in [0, 0.05) is 10.4 Å². The second kappa shape index (κ2) is 6.83. The van der Waals surface area contributed by atoms with Crippen molar-refractivity contribution < 1.29 is 14.3 Å². The molecule has 23 heavy (non-hydrogen) atoms. The summed E-state index contributed by atoms with van der Waals surface area (Å²) >= 11 is 1.68. The first-order valence-electron chi connectivity index (χ1n) is 7.50. The van der Waals surface area contributed by atoms with Crippen LogP contribution in [0.4, 0.5) is 0 Å². The van der Waals surface area contributed by atoms with Gasteiger partial charge in [0.15, 0.2) is 11.5 Å². The fraction of sp³-hybridized carbons (Fsp3) is 0.294. The minimum Gasteiger partial charge on any atom is -0.454 e. The molecule has 1 aliphatic heterocycles. The Morgan fingerprint density at radius 1 is 1.26 bits per heavy atom. The molecule has 0 radical (unpaired) electrons. The van der Waals surface area contributed by atoms with Crippen LogP contribution in [0.3, 0.4) is 0 Å². The van der Waals surface area contributed by atoms with Gasteiger partial charge in [0.05, 0.1) is 10.6 Å². The number of carbonyl (C=O) groups excluding carboxylic acids is 1. The number of hydrazone groups is 1. The fourth-order valence-corrected chi connectivity index (χ4v) is 3.17. The Morgan fingerprint density at radius 3 is 2.83 bits per heavy atom. The first-order chi connectivity index (χ1) is 11.2. The largest absolute Gasteiger partial charge is 0.454 e. The average Bonchev–Trinajstić information content (AvgIpc) is 3.18. The normalized spacial score (nSPS) is 13.2. The third-order valence-corrected chi connectivity index (χ3v) is 4.49. The first kappa shape index (κ1) is 15.6. The van der Waals surface area contributed by atoms with Crippen LogP contribution in [0.25, 0.3) is 0 Å². The monoisotopic (exact) mass is 330 g/mol. The molecule has 3 rings (SSSR count). The smallest absolute Gasteiger partial charge is 0.271 e. The van der Waals surface area contributed by atoms with Crippen molar-refractivity contribution in [1.29, 1.82) is 0 Å². The lowest BCUT2D eigenvalue weighted by Crippen LogP contribution is -2.19. The highest BCUT2D eigenvalue weighted by Gasteiger charge is 2.16. The summed E-state index contributed by atoms with van der Waals surface area (Å²) in [4.78, 5) is 14.6. The van der Waals surface area contributed by atoms with Crippen LogP contribution in [0.2, 0.25) is 0 Å². The Morgan fingerprint density at radius 2 is 2.09 bits per heavy atom. The number of rotatable bonds is 5. The summed E-state index contributed by atoms with van der Waals surface area (Å²) in [5, 5.41) is 4.32. The summed E-state index contributed by atoms with van der Waals surface area (Å²) in [6.07, 6.45) is 1.79. The molecule has 1 aromatic heterocycles. The Hall–Kier alpha value is -2.34. The molecule has 120 valence electrons. The molecular formula is C17H18N2O3S. The molecule has 0 saturated heterocycles. The van der Waals surface area contributed by atoms with Crippen LogP contribution in [0.1, 0.15) is 39.9 Å². The van der Waals surface area contributed by atoms with E-state index in [9.17, 15) is 4.79 Å². The molecular weight excluding hydrogens is 312 g/mol. The minimum absolute atomic E-state index is 0.191. The molecule has 0 saturated carbocycles. The standard InChI is InChI=1S/C17H18N2O3S/c1-3-4-13(16-8-5-11(2)23-16)18-19-17(20)12-6-7-14-15(9-12)22-10-21-14/h5-9H,3-4,10H2,1-2H3,(H,19,20)/b18-13+. The molecule has 1 N–H and O–H groups in total. The number of nitrogens with zero attached hydrogens (tertiary/aromatic N) is 1. The number of fused-ring (bicyclic) bond motifs is 1. The number of benzene rings is 1. The lowest BCUT2D eigenvalue weighted by Gasteiger charge is -2.05. The third kappa shape index (κ3) is 3.53. The maximum atomic E-state index is 12.3. The zero-order valence-electron chi connectivity index (χ0n) is 13.1. The van der Waals surface area contributed by atoms with E-state index in [1.165, 1.54) is 4.88 Å². The third-order valence-electron chi connectivity index (χ3n) is 3.44. The summed E-state index contributed by atoms with van der Waals surface area (Å²) in [5.74, 6) is 0.986. The number of hydrogen-bond donors (Lipinski definition) is 1. The lowest BCUT2D eigenvalue weighted by molar-refractivity contribution is 0.0954. The molecule has 1 aliphatic rings. The van der Waals surface area contributed by atoms with Crippen molar-refractivity contribution in [3.8, 4) is 11.5 Å². The van der Waals surface area contributed by atoms with E-state index in [0.717, 1.165) is 23.4 Å². The zero-order valence-corrected chi connectivity index (χ0v) is 13.9. The molecule has 1 amide bonds. The molecule has 2 heterocycles.